The Morgan fingerprint density at radius 3 is 2.13 bits per heavy atom. The number of fused-ring (bicyclic) bond motifs is 1. The molecule has 3 aromatic rings. The van der Waals surface area contributed by atoms with Gasteiger partial charge in [-0.1, -0.05) is 70.2 Å². The molecule has 1 N–H and O–H groups in total. The molecule has 0 atom stereocenters. The molecule has 0 amide bonds. The monoisotopic (exact) mass is 685 g/mol. The number of ketones is 2. The average molecular weight is 687 g/mol. The van der Waals surface area contributed by atoms with Crippen molar-refractivity contribution in [3.8, 4) is 11.5 Å². The molecule has 1 heterocycles. The second kappa shape index (κ2) is 12.0. The molecular formula is C38H40BrNO6. The fourth-order valence-electron chi connectivity index (χ4n) is 7.47. The van der Waals surface area contributed by atoms with Gasteiger partial charge in [-0.25, -0.2) is 0 Å². The fourth-order valence-corrected chi connectivity index (χ4v) is 8.05. The molecule has 46 heavy (non-hydrogen) atoms. The molecular weight excluding hydrogens is 646 g/mol. The molecule has 8 heteroatoms. The van der Waals surface area contributed by atoms with Gasteiger partial charge in [-0.05, 0) is 73.6 Å². The van der Waals surface area contributed by atoms with Crippen LogP contribution in [0.15, 0.2) is 81.6 Å². The molecule has 2 aliphatic carbocycles. The van der Waals surface area contributed by atoms with Crippen LogP contribution in [0.5, 0.6) is 11.5 Å². The first-order valence-electron chi connectivity index (χ1n) is 15.8. The molecule has 0 saturated heterocycles. The minimum atomic E-state index is -0.915. The summed E-state index contributed by atoms with van der Waals surface area (Å²) in [5.74, 6) is -0.486. The molecule has 0 fully saturated rings. The minimum absolute atomic E-state index is 0.00729. The van der Waals surface area contributed by atoms with Crippen molar-refractivity contribution in [1.82, 2.24) is 4.90 Å². The molecule has 1 aliphatic heterocycles. The van der Waals surface area contributed by atoms with Crippen LogP contribution < -0.4 is 9.47 Å². The topological polar surface area (TPSA) is 93.1 Å². The number of hydrogen-bond acceptors (Lipinski definition) is 6. The Labute approximate surface area is 278 Å². The number of ether oxygens (including phenoxy) is 2. The lowest BCUT2D eigenvalue weighted by atomic mass is 9.63. The highest BCUT2D eigenvalue weighted by molar-refractivity contribution is 9.10. The van der Waals surface area contributed by atoms with E-state index in [1.54, 1.807) is 7.11 Å². The van der Waals surface area contributed by atoms with Crippen LogP contribution in [0.4, 0.5) is 0 Å². The SMILES string of the molecule is COc1cc(C2C3=C(CC(C)(C)CC3=O)N(CCC(=O)O)C3=C2C(=O)CC(C)(C)C3)cc(Br)c1OCc1cccc2ccccc12. The summed E-state index contributed by atoms with van der Waals surface area (Å²) < 4.78 is 12.9. The zero-order chi connectivity index (χ0) is 33.0. The van der Waals surface area contributed by atoms with Crippen LogP contribution in [0, 0.1) is 10.8 Å². The Morgan fingerprint density at radius 2 is 1.52 bits per heavy atom. The van der Waals surface area contributed by atoms with Gasteiger partial charge in [0.15, 0.2) is 23.1 Å². The molecule has 0 saturated carbocycles. The second-order valence-corrected chi connectivity index (χ2v) is 15.1. The first kappa shape index (κ1) is 32.0. The minimum Gasteiger partial charge on any atom is -0.493 e. The molecule has 0 unspecified atom stereocenters. The highest BCUT2D eigenvalue weighted by atomic mass is 79.9. The molecule has 0 aromatic heterocycles. The van der Waals surface area contributed by atoms with Crippen LogP contribution in [0.2, 0.25) is 0 Å². The van der Waals surface area contributed by atoms with Crippen molar-refractivity contribution in [3.05, 3.63) is 92.7 Å². The van der Waals surface area contributed by atoms with Crippen molar-refractivity contribution in [2.45, 2.75) is 72.3 Å². The zero-order valence-corrected chi connectivity index (χ0v) is 28.6. The number of carbonyl (C=O) groups excluding carboxylic acids is 2. The predicted octanol–water partition coefficient (Wildman–Crippen LogP) is 8.35. The summed E-state index contributed by atoms with van der Waals surface area (Å²) in [5.41, 5.74) is 4.06. The van der Waals surface area contributed by atoms with E-state index in [0.29, 0.717) is 59.4 Å². The van der Waals surface area contributed by atoms with Crippen molar-refractivity contribution >= 4 is 44.2 Å². The lowest BCUT2D eigenvalue weighted by molar-refractivity contribution is -0.137. The molecule has 6 rings (SSSR count). The second-order valence-electron chi connectivity index (χ2n) is 14.3. The van der Waals surface area contributed by atoms with E-state index < -0.39 is 11.9 Å². The molecule has 240 valence electrons. The maximum Gasteiger partial charge on any atom is 0.305 e. The van der Waals surface area contributed by atoms with E-state index in [1.165, 1.54) is 0 Å². The van der Waals surface area contributed by atoms with Crippen LogP contribution in [-0.2, 0) is 21.0 Å². The van der Waals surface area contributed by atoms with Crippen molar-refractivity contribution in [3.63, 3.8) is 0 Å². The lowest BCUT2D eigenvalue weighted by Gasteiger charge is -2.49. The van der Waals surface area contributed by atoms with Gasteiger partial charge >= 0.3 is 5.97 Å². The van der Waals surface area contributed by atoms with Crippen molar-refractivity contribution in [2.75, 3.05) is 13.7 Å². The summed E-state index contributed by atoms with van der Waals surface area (Å²) in [4.78, 5) is 41.9. The molecule has 0 radical (unpaired) electrons. The Kier molecular flexibility index (Phi) is 8.38. The van der Waals surface area contributed by atoms with Gasteiger partial charge in [0.2, 0.25) is 0 Å². The molecule has 3 aliphatic rings. The zero-order valence-electron chi connectivity index (χ0n) is 27.0. The Balaban J connectivity index is 1.47. The number of hydrogen-bond donors (Lipinski definition) is 1. The van der Waals surface area contributed by atoms with Crippen molar-refractivity contribution < 1.29 is 29.0 Å². The van der Waals surface area contributed by atoms with Crippen LogP contribution in [0.1, 0.15) is 76.8 Å². The average Bonchev–Trinajstić information content (AvgIpc) is 2.97. The first-order valence-corrected chi connectivity index (χ1v) is 16.6. The number of Topliss-reactive ketones (excluding diaryl/α,β-unsaturated/α-hetero) is 2. The van der Waals surface area contributed by atoms with Crippen LogP contribution in [0.3, 0.4) is 0 Å². The first-order chi connectivity index (χ1) is 21.8. The third-order valence-corrected chi connectivity index (χ3v) is 10.00. The van der Waals surface area contributed by atoms with Crippen molar-refractivity contribution in [2.24, 2.45) is 10.8 Å². The molecule has 3 aromatic carbocycles. The number of methoxy groups -OCH3 is 1. The fraction of sp³-hybridized carbons (Fsp3) is 0.395. The third-order valence-electron chi connectivity index (χ3n) is 9.41. The Morgan fingerprint density at radius 1 is 0.913 bits per heavy atom. The van der Waals surface area contributed by atoms with Gasteiger partial charge in [-0.3, -0.25) is 14.4 Å². The van der Waals surface area contributed by atoms with Gasteiger partial charge in [-0.15, -0.1) is 0 Å². The van der Waals surface area contributed by atoms with E-state index in [1.807, 2.05) is 41.3 Å². The Hall–Kier alpha value is -3.91. The largest absolute Gasteiger partial charge is 0.493 e. The number of allylic oxidation sites excluding steroid dienone is 4. The van der Waals surface area contributed by atoms with Crippen LogP contribution in [-0.4, -0.2) is 41.2 Å². The maximum atomic E-state index is 14.1. The molecule has 0 bridgehead atoms. The number of carboxylic acid groups (broad SMARTS) is 1. The number of carboxylic acids is 1. The van der Waals surface area contributed by atoms with Gasteiger partial charge in [0.1, 0.15) is 6.61 Å². The number of aliphatic carboxylic acids is 1. The van der Waals surface area contributed by atoms with Crippen LogP contribution in [0.25, 0.3) is 10.8 Å². The van der Waals surface area contributed by atoms with Gasteiger partial charge in [0.25, 0.3) is 0 Å². The standard InChI is InChI=1S/C38H40BrNO6/c1-37(2)17-27-34(29(41)19-37)33(35-28(40(27)14-13-32(43)44)18-38(3,4)20-30(35)42)24-15-26(39)36(31(16-24)45-5)46-21-23-11-8-10-22-9-6-7-12-25(22)23/h6-12,15-16,33H,13-14,17-21H2,1-5H3,(H,43,44). The number of nitrogens with zero attached hydrogens (tertiary/aromatic N) is 1. The molecule has 7 nitrogen and oxygen atoms in total. The van der Waals surface area contributed by atoms with Gasteiger partial charge in [-0.2, -0.15) is 0 Å². The third kappa shape index (κ3) is 5.99. The van der Waals surface area contributed by atoms with Gasteiger partial charge < -0.3 is 19.5 Å². The van der Waals surface area contributed by atoms with Gasteiger partial charge in [0, 0.05) is 47.8 Å². The maximum absolute atomic E-state index is 14.1. The Bertz CT molecular complexity index is 1770. The summed E-state index contributed by atoms with van der Waals surface area (Å²) >= 11 is 3.74. The van der Waals surface area contributed by atoms with E-state index in [9.17, 15) is 19.5 Å². The summed E-state index contributed by atoms with van der Waals surface area (Å²) in [6, 6.07) is 18.1. The lowest BCUT2D eigenvalue weighted by Crippen LogP contribution is -2.45. The normalized spacial score (nSPS) is 19.3. The predicted molar refractivity (Wildman–Crippen MR) is 181 cm³/mol. The highest BCUT2D eigenvalue weighted by Crippen LogP contribution is 2.55. The number of halogens is 1. The number of benzene rings is 3. The van der Waals surface area contributed by atoms with Gasteiger partial charge in [0.05, 0.1) is 18.0 Å². The van der Waals surface area contributed by atoms with Crippen molar-refractivity contribution in [1.29, 1.82) is 0 Å². The van der Waals surface area contributed by atoms with E-state index in [4.69, 9.17) is 9.47 Å². The summed E-state index contributed by atoms with van der Waals surface area (Å²) in [7, 11) is 1.59. The number of rotatable bonds is 8. The smallest absolute Gasteiger partial charge is 0.305 e. The number of carbonyl (C=O) groups is 3. The van der Waals surface area contributed by atoms with E-state index in [2.05, 4.69) is 61.8 Å². The summed E-state index contributed by atoms with van der Waals surface area (Å²) in [6.45, 7) is 8.81. The quantitative estimate of drug-likeness (QED) is 0.255. The van der Waals surface area contributed by atoms with E-state index in [-0.39, 0.29) is 35.4 Å². The highest BCUT2D eigenvalue weighted by Gasteiger charge is 2.49. The van der Waals surface area contributed by atoms with Crippen LogP contribution >= 0.6 is 15.9 Å². The molecule has 0 spiro atoms. The summed E-state index contributed by atoms with van der Waals surface area (Å²) in [5, 5.41) is 11.9. The van der Waals surface area contributed by atoms with E-state index >= 15 is 0 Å². The summed E-state index contributed by atoms with van der Waals surface area (Å²) in [6.07, 6.45) is 1.83. The van der Waals surface area contributed by atoms with E-state index in [0.717, 1.165) is 33.3 Å².